The molecule has 0 atom stereocenters. The van der Waals surface area contributed by atoms with Crippen LogP contribution in [0.2, 0.25) is 0 Å². The zero-order valence-electron chi connectivity index (χ0n) is 13.1. The molecule has 2 heterocycles. The largest absolute Gasteiger partial charge is 0.306 e. The summed E-state index contributed by atoms with van der Waals surface area (Å²) in [4.78, 5) is 12.4. The lowest BCUT2D eigenvalue weighted by molar-refractivity contribution is 0.102. The fourth-order valence-electron chi connectivity index (χ4n) is 2.44. The smallest absolute Gasteiger partial charge is 0.256 e. The minimum atomic E-state index is -1.04. The predicted molar refractivity (Wildman–Crippen MR) is 86.5 cm³/mol. The van der Waals surface area contributed by atoms with Gasteiger partial charge in [0.15, 0.2) is 11.6 Å². The number of carbonyl (C=O) groups is 1. The minimum absolute atomic E-state index is 0.0740. The van der Waals surface area contributed by atoms with Gasteiger partial charge >= 0.3 is 0 Å². The van der Waals surface area contributed by atoms with E-state index in [1.165, 1.54) is 6.07 Å². The molecular formula is C16H17F2N3OS. The third kappa shape index (κ3) is 2.97. The van der Waals surface area contributed by atoms with Crippen LogP contribution in [0.3, 0.4) is 0 Å². The number of halogens is 2. The van der Waals surface area contributed by atoms with E-state index >= 15 is 0 Å². The molecular weight excluding hydrogens is 320 g/mol. The van der Waals surface area contributed by atoms with Gasteiger partial charge in [0.05, 0.1) is 11.2 Å². The number of carbonyl (C=O) groups excluding carboxylic acids is 1. The van der Waals surface area contributed by atoms with Crippen molar-refractivity contribution >= 4 is 23.5 Å². The van der Waals surface area contributed by atoms with Gasteiger partial charge in [-0.15, -0.1) is 0 Å². The third-order valence-corrected chi connectivity index (χ3v) is 4.57. The zero-order valence-corrected chi connectivity index (χ0v) is 13.9. The Morgan fingerprint density at radius 3 is 2.65 bits per heavy atom. The summed E-state index contributed by atoms with van der Waals surface area (Å²) in [5.74, 6) is -0.270. The Hall–Kier alpha value is -1.89. The molecule has 1 N–H and O–H groups in total. The van der Waals surface area contributed by atoms with Gasteiger partial charge in [-0.25, -0.2) is 13.5 Å². The quantitative estimate of drug-likeness (QED) is 0.904. The van der Waals surface area contributed by atoms with E-state index in [1.807, 2.05) is 20.8 Å². The number of nitrogens with one attached hydrogen (secondary N) is 1. The Morgan fingerprint density at radius 1 is 1.26 bits per heavy atom. The average Bonchev–Trinajstić information content (AvgIpc) is 3.03. The number of thioether (sulfide) groups is 1. The van der Waals surface area contributed by atoms with Crippen molar-refractivity contribution in [2.45, 2.75) is 37.8 Å². The van der Waals surface area contributed by atoms with E-state index in [1.54, 1.807) is 16.4 Å². The fourth-order valence-corrected chi connectivity index (χ4v) is 3.48. The number of fused-ring (bicyclic) bond motifs is 1. The van der Waals surface area contributed by atoms with Crippen molar-refractivity contribution in [3.8, 4) is 0 Å². The molecule has 7 heteroatoms. The van der Waals surface area contributed by atoms with Crippen LogP contribution in [0.1, 0.15) is 42.4 Å². The first kappa shape index (κ1) is 16.0. The minimum Gasteiger partial charge on any atom is -0.306 e. The normalized spacial score (nSPS) is 14.0. The van der Waals surface area contributed by atoms with Gasteiger partial charge in [0.25, 0.3) is 5.91 Å². The van der Waals surface area contributed by atoms with E-state index in [0.717, 1.165) is 34.9 Å². The molecule has 0 spiro atoms. The molecule has 1 aromatic heterocycles. The molecule has 1 aliphatic rings. The van der Waals surface area contributed by atoms with Gasteiger partial charge in [-0.1, -0.05) is 0 Å². The van der Waals surface area contributed by atoms with Crippen LogP contribution in [0.5, 0.6) is 0 Å². The summed E-state index contributed by atoms with van der Waals surface area (Å²) in [7, 11) is 0. The number of hydrogen-bond acceptors (Lipinski definition) is 3. The number of nitrogens with zero attached hydrogens (tertiary/aromatic N) is 2. The molecule has 0 unspecified atom stereocenters. The predicted octanol–water partition coefficient (Wildman–Crippen LogP) is 3.92. The molecule has 0 fully saturated rings. The van der Waals surface area contributed by atoms with Gasteiger partial charge < -0.3 is 5.32 Å². The summed E-state index contributed by atoms with van der Waals surface area (Å²) in [5.41, 5.74) is 1.74. The molecule has 0 saturated heterocycles. The second kappa shape index (κ2) is 5.63. The molecule has 0 radical (unpaired) electrons. The van der Waals surface area contributed by atoms with Gasteiger partial charge in [-0.2, -0.15) is 16.9 Å². The van der Waals surface area contributed by atoms with E-state index in [0.29, 0.717) is 5.82 Å². The van der Waals surface area contributed by atoms with Gasteiger partial charge in [-0.05, 0) is 39.0 Å². The molecule has 1 amide bonds. The Morgan fingerprint density at radius 2 is 2.00 bits per heavy atom. The summed E-state index contributed by atoms with van der Waals surface area (Å²) in [5, 5.41) is 7.41. The van der Waals surface area contributed by atoms with E-state index in [9.17, 15) is 13.6 Å². The van der Waals surface area contributed by atoms with Crippen LogP contribution >= 0.6 is 11.8 Å². The second-order valence-corrected chi connectivity index (χ2v) is 7.42. The van der Waals surface area contributed by atoms with Crippen LogP contribution in [-0.2, 0) is 17.0 Å². The monoisotopic (exact) mass is 337 g/mol. The van der Waals surface area contributed by atoms with Crippen molar-refractivity contribution in [1.82, 2.24) is 9.78 Å². The summed E-state index contributed by atoms with van der Waals surface area (Å²) in [6.07, 6.45) is 0. The number of aromatic nitrogens is 2. The van der Waals surface area contributed by atoms with Gasteiger partial charge in [0.2, 0.25) is 0 Å². The average molecular weight is 337 g/mol. The standard InChI is InChI=1S/C16H17F2N3OS/c1-16(2,3)21-14(10-7-23-8-13(10)20-21)19-15(22)9-4-5-11(17)12(18)6-9/h4-6H,7-8H2,1-3H3,(H,19,22). The van der Waals surface area contributed by atoms with Crippen molar-refractivity contribution in [3.05, 3.63) is 46.7 Å². The van der Waals surface area contributed by atoms with E-state index < -0.39 is 17.5 Å². The van der Waals surface area contributed by atoms with Crippen molar-refractivity contribution in [2.24, 2.45) is 0 Å². The van der Waals surface area contributed by atoms with Crippen molar-refractivity contribution < 1.29 is 13.6 Å². The second-order valence-electron chi connectivity index (χ2n) is 6.43. The number of rotatable bonds is 2. The molecule has 2 aromatic rings. The van der Waals surface area contributed by atoms with Crippen molar-refractivity contribution in [2.75, 3.05) is 5.32 Å². The van der Waals surface area contributed by atoms with Gasteiger partial charge in [0, 0.05) is 22.6 Å². The van der Waals surface area contributed by atoms with Crippen LogP contribution in [0.25, 0.3) is 0 Å². The molecule has 1 aliphatic heterocycles. The van der Waals surface area contributed by atoms with Gasteiger partial charge in [-0.3, -0.25) is 4.79 Å². The first-order valence-corrected chi connectivity index (χ1v) is 8.38. The summed E-state index contributed by atoms with van der Waals surface area (Å²) >= 11 is 1.73. The Bertz CT molecular complexity index is 780. The highest BCUT2D eigenvalue weighted by molar-refractivity contribution is 7.98. The van der Waals surface area contributed by atoms with Crippen molar-refractivity contribution in [3.63, 3.8) is 0 Å². The van der Waals surface area contributed by atoms with E-state index in [2.05, 4.69) is 10.4 Å². The zero-order chi connectivity index (χ0) is 16.8. The molecule has 122 valence electrons. The van der Waals surface area contributed by atoms with Crippen LogP contribution in [0.4, 0.5) is 14.6 Å². The molecule has 3 rings (SSSR count). The lowest BCUT2D eigenvalue weighted by atomic mass is 10.1. The summed E-state index contributed by atoms with van der Waals surface area (Å²) in [6.45, 7) is 5.99. The SMILES string of the molecule is CC(C)(C)n1nc2c(c1NC(=O)c1ccc(F)c(F)c1)CSC2. The first-order valence-electron chi connectivity index (χ1n) is 7.23. The first-order chi connectivity index (χ1) is 10.8. The Kier molecular flexibility index (Phi) is 3.91. The maximum atomic E-state index is 13.3. The molecule has 0 bridgehead atoms. The molecule has 0 saturated carbocycles. The third-order valence-electron chi connectivity index (χ3n) is 3.60. The van der Waals surface area contributed by atoms with Crippen LogP contribution < -0.4 is 5.32 Å². The highest BCUT2D eigenvalue weighted by Crippen LogP contribution is 2.37. The van der Waals surface area contributed by atoms with E-state index in [4.69, 9.17) is 0 Å². The maximum Gasteiger partial charge on any atom is 0.256 e. The maximum absolute atomic E-state index is 13.3. The summed E-state index contributed by atoms with van der Waals surface area (Å²) < 4.78 is 28.1. The lowest BCUT2D eigenvalue weighted by Crippen LogP contribution is -2.27. The topological polar surface area (TPSA) is 46.9 Å². The highest BCUT2D eigenvalue weighted by atomic mass is 32.2. The molecule has 1 aromatic carbocycles. The van der Waals surface area contributed by atoms with Crippen LogP contribution in [0.15, 0.2) is 18.2 Å². The Labute approximate surface area is 137 Å². The summed E-state index contributed by atoms with van der Waals surface area (Å²) in [6, 6.07) is 3.11. The van der Waals surface area contributed by atoms with E-state index in [-0.39, 0.29) is 11.1 Å². The number of anilines is 1. The fraction of sp³-hybridized carbons (Fsp3) is 0.375. The number of hydrogen-bond donors (Lipinski definition) is 1. The lowest BCUT2D eigenvalue weighted by Gasteiger charge is -2.23. The number of amides is 1. The Balaban J connectivity index is 1.96. The van der Waals surface area contributed by atoms with Crippen molar-refractivity contribution in [1.29, 1.82) is 0 Å². The number of benzene rings is 1. The van der Waals surface area contributed by atoms with Gasteiger partial charge in [0.1, 0.15) is 5.82 Å². The molecule has 4 nitrogen and oxygen atoms in total. The van der Waals surface area contributed by atoms with Crippen LogP contribution in [0, 0.1) is 11.6 Å². The molecule has 0 aliphatic carbocycles. The van der Waals surface area contributed by atoms with Crippen LogP contribution in [-0.4, -0.2) is 15.7 Å². The highest BCUT2D eigenvalue weighted by Gasteiger charge is 2.29. The molecule has 23 heavy (non-hydrogen) atoms.